The van der Waals surface area contributed by atoms with Gasteiger partial charge in [-0.3, -0.25) is 19.9 Å². The molecule has 1 unspecified atom stereocenters. The van der Waals surface area contributed by atoms with Crippen molar-refractivity contribution in [2.24, 2.45) is 0 Å². The van der Waals surface area contributed by atoms with Crippen LogP contribution in [0.5, 0.6) is 5.75 Å². The SMILES string of the molecule is CCCCC(=O)NC(c1ccc(Br)cc1)c1cc([N+](=O)[O-])c2cccnc2c1O. The third-order valence-corrected chi connectivity index (χ3v) is 5.18. The molecule has 3 aromatic rings. The minimum Gasteiger partial charge on any atom is -0.505 e. The minimum absolute atomic E-state index is 0.126. The van der Waals surface area contributed by atoms with Crippen molar-refractivity contribution in [1.82, 2.24) is 10.3 Å². The van der Waals surface area contributed by atoms with E-state index in [4.69, 9.17) is 0 Å². The number of nitro benzene ring substituents is 1. The van der Waals surface area contributed by atoms with E-state index in [1.807, 2.05) is 19.1 Å². The van der Waals surface area contributed by atoms with E-state index >= 15 is 0 Å². The summed E-state index contributed by atoms with van der Waals surface area (Å²) in [5.41, 5.74) is 0.875. The van der Waals surface area contributed by atoms with Crippen LogP contribution in [0.2, 0.25) is 0 Å². The zero-order chi connectivity index (χ0) is 21.0. The number of hydrogen-bond acceptors (Lipinski definition) is 5. The molecule has 1 heterocycles. The standard InChI is InChI=1S/C21H20BrN3O4/c1-2-3-6-18(26)24-19(13-7-9-14(22)10-8-13)16-12-17(25(28)29)15-5-4-11-23-20(15)21(16)27/h4-5,7-12,19,27H,2-3,6H2,1H3,(H,24,26). The molecule has 1 atom stereocenters. The van der Waals surface area contributed by atoms with Crippen LogP contribution in [0.4, 0.5) is 5.69 Å². The lowest BCUT2D eigenvalue weighted by Gasteiger charge is -2.21. The summed E-state index contributed by atoms with van der Waals surface area (Å²) in [6.07, 6.45) is 3.39. The highest BCUT2D eigenvalue weighted by molar-refractivity contribution is 9.10. The molecule has 0 radical (unpaired) electrons. The molecular formula is C21H20BrN3O4. The van der Waals surface area contributed by atoms with Crippen molar-refractivity contribution in [3.63, 3.8) is 0 Å². The molecule has 8 heteroatoms. The molecule has 0 spiro atoms. The maximum absolute atomic E-state index is 12.5. The summed E-state index contributed by atoms with van der Waals surface area (Å²) in [6.45, 7) is 1.99. The van der Waals surface area contributed by atoms with Gasteiger partial charge in [-0.2, -0.15) is 0 Å². The second-order valence-corrected chi connectivity index (χ2v) is 7.56. The van der Waals surface area contributed by atoms with Crippen molar-refractivity contribution in [3.05, 3.63) is 74.4 Å². The number of carbonyl (C=O) groups is 1. The van der Waals surface area contributed by atoms with Crippen LogP contribution in [0, 0.1) is 10.1 Å². The number of fused-ring (bicyclic) bond motifs is 1. The number of carbonyl (C=O) groups excluding carboxylic acids is 1. The van der Waals surface area contributed by atoms with Crippen molar-refractivity contribution in [1.29, 1.82) is 0 Å². The molecule has 29 heavy (non-hydrogen) atoms. The predicted molar refractivity (Wildman–Crippen MR) is 114 cm³/mol. The first-order valence-electron chi connectivity index (χ1n) is 9.22. The number of rotatable bonds is 7. The molecule has 2 N–H and O–H groups in total. The molecule has 0 saturated carbocycles. The monoisotopic (exact) mass is 457 g/mol. The summed E-state index contributed by atoms with van der Waals surface area (Å²) in [5, 5.41) is 25.7. The largest absolute Gasteiger partial charge is 0.505 e. The Morgan fingerprint density at radius 2 is 2.03 bits per heavy atom. The Morgan fingerprint density at radius 1 is 1.31 bits per heavy atom. The average Bonchev–Trinajstić information content (AvgIpc) is 2.72. The van der Waals surface area contributed by atoms with E-state index < -0.39 is 11.0 Å². The Bertz CT molecular complexity index is 1050. The van der Waals surface area contributed by atoms with E-state index in [1.54, 1.807) is 24.3 Å². The van der Waals surface area contributed by atoms with Gasteiger partial charge in [0.05, 0.1) is 16.4 Å². The number of phenolic OH excluding ortho intramolecular Hbond substituents is 1. The molecule has 2 aromatic carbocycles. The number of non-ortho nitro benzene ring substituents is 1. The molecule has 0 aliphatic carbocycles. The molecule has 7 nitrogen and oxygen atoms in total. The smallest absolute Gasteiger partial charge is 0.279 e. The lowest BCUT2D eigenvalue weighted by molar-refractivity contribution is -0.383. The van der Waals surface area contributed by atoms with Gasteiger partial charge in [-0.15, -0.1) is 0 Å². The van der Waals surface area contributed by atoms with Gasteiger partial charge in [-0.25, -0.2) is 0 Å². The third kappa shape index (κ3) is 4.54. The number of nitrogens with zero attached hydrogens (tertiary/aromatic N) is 2. The van der Waals surface area contributed by atoms with Crippen molar-refractivity contribution < 1.29 is 14.8 Å². The van der Waals surface area contributed by atoms with Crippen LogP contribution in [0.3, 0.4) is 0 Å². The van der Waals surface area contributed by atoms with E-state index in [9.17, 15) is 20.0 Å². The number of phenols is 1. The number of pyridine rings is 1. The van der Waals surface area contributed by atoms with Crippen molar-refractivity contribution >= 4 is 38.4 Å². The Hall–Kier alpha value is -3.00. The molecule has 3 rings (SSSR count). The topological polar surface area (TPSA) is 105 Å². The van der Waals surface area contributed by atoms with Gasteiger partial charge in [0.15, 0.2) is 0 Å². The first kappa shape index (κ1) is 20.7. The second kappa shape index (κ2) is 9.00. The Morgan fingerprint density at radius 3 is 2.69 bits per heavy atom. The number of aromatic nitrogens is 1. The first-order valence-corrected chi connectivity index (χ1v) is 10.0. The quantitative estimate of drug-likeness (QED) is 0.383. The number of benzene rings is 2. The van der Waals surface area contributed by atoms with Crippen molar-refractivity contribution in [2.45, 2.75) is 32.2 Å². The number of unbranched alkanes of at least 4 members (excludes halogenated alkanes) is 1. The van der Waals surface area contributed by atoms with E-state index in [-0.39, 0.29) is 33.8 Å². The third-order valence-electron chi connectivity index (χ3n) is 4.65. The summed E-state index contributed by atoms with van der Waals surface area (Å²) >= 11 is 3.38. The van der Waals surface area contributed by atoms with Crippen LogP contribution >= 0.6 is 15.9 Å². The molecule has 150 valence electrons. The zero-order valence-electron chi connectivity index (χ0n) is 15.8. The van der Waals surface area contributed by atoms with Gasteiger partial charge in [0.1, 0.15) is 11.3 Å². The molecule has 0 fully saturated rings. The van der Waals surface area contributed by atoms with Gasteiger partial charge in [0.2, 0.25) is 5.91 Å². The molecule has 0 aliphatic heterocycles. The fraction of sp³-hybridized carbons (Fsp3) is 0.238. The normalized spacial score (nSPS) is 11.9. The summed E-state index contributed by atoms with van der Waals surface area (Å²) in [6, 6.07) is 10.9. The number of halogens is 1. The molecule has 1 aromatic heterocycles. The second-order valence-electron chi connectivity index (χ2n) is 6.65. The van der Waals surface area contributed by atoms with Crippen molar-refractivity contribution in [2.75, 3.05) is 0 Å². The zero-order valence-corrected chi connectivity index (χ0v) is 17.3. The van der Waals surface area contributed by atoms with E-state index in [2.05, 4.69) is 26.2 Å². The maximum Gasteiger partial charge on any atom is 0.279 e. The fourth-order valence-electron chi connectivity index (χ4n) is 3.17. The van der Waals surface area contributed by atoms with E-state index in [0.29, 0.717) is 12.0 Å². The van der Waals surface area contributed by atoms with Gasteiger partial charge in [0, 0.05) is 28.7 Å². The summed E-state index contributed by atoms with van der Waals surface area (Å²) < 4.78 is 0.854. The minimum atomic E-state index is -0.752. The van der Waals surface area contributed by atoms with Crippen LogP contribution in [0.1, 0.15) is 43.4 Å². The van der Waals surface area contributed by atoms with Gasteiger partial charge < -0.3 is 10.4 Å². The molecule has 0 bridgehead atoms. The summed E-state index contributed by atoms with van der Waals surface area (Å²) in [4.78, 5) is 27.7. The average molecular weight is 458 g/mol. The molecule has 0 aliphatic rings. The highest BCUT2D eigenvalue weighted by Crippen LogP contribution is 2.39. The first-order chi connectivity index (χ1) is 13.9. The van der Waals surface area contributed by atoms with Crippen LogP contribution < -0.4 is 5.32 Å². The van der Waals surface area contributed by atoms with Crippen LogP contribution in [-0.2, 0) is 4.79 Å². The Kier molecular flexibility index (Phi) is 6.43. The molecule has 0 saturated heterocycles. The van der Waals surface area contributed by atoms with Gasteiger partial charge in [0.25, 0.3) is 5.69 Å². The number of nitro groups is 1. The maximum atomic E-state index is 12.5. The van der Waals surface area contributed by atoms with Crippen LogP contribution in [0.25, 0.3) is 10.9 Å². The van der Waals surface area contributed by atoms with E-state index in [1.165, 1.54) is 12.3 Å². The van der Waals surface area contributed by atoms with Crippen LogP contribution in [-0.4, -0.2) is 20.9 Å². The van der Waals surface area contributed by atoms with E-state index in [0.717, 1.165) is 17.3 Å². The summed E-state index contributed by atoms with van der Waals surface area (Å²) in [5.74, 6) is -0.377. The van der Waals surface area contributed by atoms with Gasteiger partial charge in [-0.1, -0.05) is 41.4 Å². The van der Waals surface area contributed by atoms with Gasteiger partial charge in [-0.05, 0) is 36.2 Å². The van der Waals surface area contributed by atoms with Gasteiger partial charge >= 0.3 is 0 Å². The van der Waals surface area contributed by atoms with Crippen LogP contribution in [0.15, 0.2) is 53.1 Å². The lowest BCUT2D eigenvalue weighted by atomic mass is 9.95. The highest BCUT2D eigenvalue weighted by atomic mass is 79.9. The lowest BCUT2D eigenvalue weighted by Crippen LogP contribution is -2.29. The van der Waals surface area contributed by atoms with Crippen molar-refractivity contribution in [3.8, 4) is 5.75 Å². The predicted octanol–water partition coefficient (Wildman–Crippen LogP) is 5.01. The number of amides is 1. The number of aromatic hydroxyl groups is 1. The Labute approximate surface area is 176 Å². The fourth-order valence-corrected chi connectivity index (χ4v) is 3.43. The number of hydrogen-bond donors (Lipinski definition) is 2. The Balaban J connectivity index is 2.17. The number of nitrogens with one attached hydrogen (secondary N) is 1. The summed E-state index contributed by atoms with van der Waals surface area (Å²) in [7, 11) is 0. The molecular weight excluding hydrogens is 438 g/mol. The molecule has 1 amide bonds. The highest BCUT2D eigenvalue weighted by Gasteiger charge is 2.26.